The van der Waals surface area contributed by atoms with Crippen LogP contribution in [0.5, 0.6) is 5.75 Å². The summed E-state index contributed by atoms with van der Waals surface area (Å²) in [5.74, 6) is -0.258. The summed E-state index contributed by atoms with van der Waals surface area (Å²) in [5.41, 5.74) is 1.34. The highest BCUT2D eigenvalue weighted by Crippen LogP contribution is 2.33. The number of nitrogens with zero attached hydrogens (tertiary/aromatic N) is 2. The topological polar surface area (TPSA) is 98.4 Å². The summed E-state index contributed by atoms with van der Waals surface area (Å²) in [5, 5.41) is 9.92. The number of hydrogen-bond donors (Lipinski definition) is 0. The monoisotopic (exact) mass is 520 g/mol. The van der Waals surface area contributed by atoms with Gasteiger partial charge in [-0.3, -0.25) is 9.59 Å². The first-order valence-corrected chi connectivity index (χ1v) is 12.2. The second-order valence-corrected chi connectivity index (χ2v) is 10.0. The quantitative estimate of drug-likeness (QED) is 0.350. The molecular formula is C29H29ClN2O5. The average molecular weight is 521 g/mol. The smallest absolute Gasteiger partial charge is 0.338 e. The Labute approximate surface area is 221 Å². The van der Waals surface area contributed by atoms with Gasteiger partial charge in [-0.2, -0.15) is 5.26 Å². The summed E-state index contributed by atoms with van der Waals surface area (Å²) >= 11 is 6.13. The summed E-state index contributed by atoms with van der Waals surface area (Å²) in [6.45, 7) is 7.21. The van der Waals surface area contributed by atoms with E-state index in [2.05, 4.69) is 6.07 Å². The molecule has 0 bridgehead atoms. The summed E-state index contributed by atoms with van der Waals surface area (Å²) < 4.78 is 12.3. The normalized spacial score (nSPS) is 11.9. The Bertz CT molecular complexity index is 1410. The molecule has 8 heteroatoms. The van der Waals surface area contributed by atoms with Gasteiger partial charge in [0.15, 0.2) is 5.78 Å². The van der Waals surface area contributed by atoms with Crippen LogP contribution in [0, 0.1) is 11.3 Å². The maximum absolute atomic E-state index is 13.2. The molecule has 1 aromatic heterocycles. The number of nitriles is 1. The lowest BCUT2D eigenvalue weighted by Gasteiger charge is -2.20. The van der Waals surface area contributed by atoms with E-state index in [4.69, 9.17) is 21.1 Å². The van der Waals surface area contributed by atoms with Gasteiger partial charge in [-0.25, -0.2) is 4.79 Å². The lowest BCUT2D eigenvalue weighted by Crippen LogP contribution is -2.30. The van der Waals surface area contributed by atoms with Crippen LogP contribution < -0.4 is 10.3 Å². The molecule has 7 nitrogen and oxygen atoms in total. The molecule has 1 unspecified atom stereocenters. The first kappa shape index (κ1) is 27.7. The van der Waals surface area contributed by atoms with Crippen molar-refractivity contribution in [3.8, 4) is 22.9 Å². The van der Waals surface area contributed by atoms with Gasteiger partial charge >= 0.3 is 5.97 Å². The van der Waals surface area contributed by atoms with Crippen LogP contribution in [0.25, 0.3) is 11.1 Å². The van der Waals surface area contributed by atoms with Crippen molar-refractivity contribution in [3.63, 3.8) is 0 Å². The Balaban J connectivity index is 1.89. The Morgan fingerprint density at radius 3 is 2.32 bits per heavy atom. The van der Waals surface area contributed by atoms with E-state index in [0.29, 0.717) is 45.0 Å². The summed E-state index contributed by atoms with van der Waals surface area (Å²) in [6, 6.07) is 14.2. The number of carbonyl (C=O) groups is 2. The summed E-state index contributed by atoms with van der Waals surface area (Å²) in [6.07, 6.45) is 1.96. The molecule has 0 spiro atoms. The van der Waals surface area contributed by atoms with Crippen molar-refractivity contribution < 1.29 is 19.1 Å². The highest BCUT2D eigenvalue weighted by atomic mass is 35.5. The van der Waals surface area contributed by atoms with Gasteiger partial charge in [0.2, 0.25) is 0 Å². The van der Waals surface area contributed by atoms with Crippen LogP contribution >= 0.6 is 11.6 Å². The van der Waals surface area contributed by atoms with Gasteiger partial charge in [-0.15, -0.1) is 0 Å². The van der Waals surface area contributed by atoms with Crippen LogP contribution in [0.3, 0.4) is 0 Å². The second kappa shape index (κ2) is 11.4. The van der Waals surface area contributed by atoms with E-state index in [0.717, 1.165) is 0 Å². The Kier molecular flexibility index (Phi) is 8.57. The minimum Gasteiger partial charge on any atom is -0.495 e. The van der Waals surface area contributed by atoms with Crippen molar-refractivity contribution in [1.82, 2.24) is 4.57 Å². The highest BCUT2D eigenvalue weighted by Gasteiger charge is 2.23. The number of benzene rings is 2. The lowest BCUT2D eigenvalue weighted by atomic mass is 9.98. The molecule has 0 aliphatic rings. The van der Waals surface area contributed by atoms with Gasteiger partial charge in [0, 0.05) is 28.6 Å². The van der Waals surface area contributed by atoms with E-state index in [1.807, 2.05) is 6.92 Å². The molecule has 0 fully saturated rings. The molecule has 2 aromatic carbocycles. The number of Topliss-reactive ketones (excluding diaryl/α,β-unsaturated/α-hetero) is 1. The van der Waals surface area contributed by atoms with Crippen molar-refractivity contribution >= 4 is 23.4 Å². The van der Waals surface area contributed by atoms with Gasteiger partial charge in [0.1, 0.15) is 11.4 Å². The van der Waals surface area contributed by atoms with E-state index in [9.17, 15) is 19.6 Å². The molecule has 0 saturated carbocycles. The van der Waals surface area contributed by atoms with E-state index >= 15 is 0 Å². The SMILES string of the molecule is CCC(C(=O)Cc1ccc(C(=O)OC(C)(C)C)cc1)n1cc(OC)c(-c2cc(Cl)ccc2C#N)cc1=O. The minimum atomic E-state index is -0.726. The number of carbonyl (C=O) groups excluding carboxylic acids is 2. The Hall–Kier alpha value is -3.89. The molecule has 192 valence electrons. The fraction of sp³-hybridized carbons (Fsp3) is 0.310. The third-order valence-corrected chi connectivity index (χ3v) is 5.95. The molecule has 0 radical (unpaired) electrons. The van der Waals surface area contributed by atoms with Gasteiger partial charge < -0.3 is 14.0 Å². The molecule has 0 amide bonds. The van der Waals surface area contributed by atoms with Crippen molar-refractivity contribution in [1.29, 1.82) is 5.26 Å². The zero-order chi connectivity index (χ0) is 27.3. The fourth-order valence-corrected chi connectivity index (χ4v) is 4.15. The van der Waals surface area contributed by atoms with Gasteiger partial charge in [0.05, 0.1) is 36.5 Å². The number of halogens is 1. The van der Waals surface area contributed by atoms with Crippen LogP contribution in [0.2, 0.25) is 5.02 Å². The number of methoxy groups -OCH3 is 1. The first-order chi connectivity index (χ1) is 17.5. The molecule has 0 N–H and O–H groups in total. The molecule has 0 aliphatic heterocycles. The molecule has 37 heavy (non-hydrogen) atoms. The average Bonchev–Trinajstić information content (AvgIpc) is 2.84. The van der Waals surface area contributed by atoms with E-state index in [1.165, 1.54) is 23.9 Å². The van der Waals surface area contributed by atoms with Crippen molar-refractivity contribution in [2.24, 2.45) is 0 Å². The Morgan fingerprint density at radius 1 is 1.08 bits per heavy atom. The first-order valence-electron chi connectivity index (χ1n) is 11.8. The molecule has 1 atom stereocenters. The second-order valence-electron chi connectivity index (χ2n) is 9.57. The number of ketones is 1. The maximum atomic E-state index is 13.2. The minimum absolute atomic E-state index is 0.0798. The third-order valence-electron chi connectivity index (χ3n) is 5.72. The van der Waals surface area contributed by atoms with E-state index in [1.54, 1.807) is 63.2 Å². The zero-order valence-corrected chi connectivity index (χ0v) is 22.3. The van der Waals surface area contributed by atoms with Crippen LogP contribution in [0.1, 0.15) is 61.6 Å². The number of rotatable bonds is 8. The van der Waals surface area contributed by atoms with Crippen LogP contribution in [0.15, 0.2) is 59.5 Å². The van der Waals surface area contributed by atoms with Gasteiger partial charge in [-0.1, -0.05) is 30.7 Å². The van der Waals surface area contributed by atoms with Crippen molar-refractivity contribution in [3.05, 3.63) is 86.8 Å². The number of hydrogen-bond acceptors (Lipinski definition) is 6. The molecule has 1 heterocycles. The number of ether oxygens (including phenoxy) is 2. The number of pyridine rings is 1. The predicted octanol–water partition coefficient (Wildman–Crippen LogP) is 5.77. The van der Waals surface area contributed by atoms with Crippen molar-refractivity contribution in [2.45, 2.75) is 52.2 Å². The standard InChI is InChI=1S/C29H29ClN2O5/c1-6-24(25(33)13-18-7-9-19(10-8-18)28(35)37-29(2,3)4)32-17-26(36-5)23(15-27(32)34)22-14-21(30)12-11-20(22)16-31/h7-12,14-15,17,24H,6,13H2,1-5H3. The lowest BCUT2D eigenvalue weighted by molar-refractivity contribution is -0.121. The number of aromatic nitrogens is 1. The highest BCUT2D eigenvalue weighted by molar-refractivity contribution is 6.31. The summed E-state index contributed by atoms with van der Waals surface area (Å²) in [7, 11) is 1.46. The van der Waals surface area contributed by atoms with E-state index in [-0.39, 0.29) is 12.2 Å². The molecule has 3 rings (SSSR count). The van der Waals surface area contributed by atoms with Crippen LogP contribution in [-0.2, 0) is 16.0 Å². The third kappa shape index (κ3) is 6.66. The fourth-order valence-electron chi connectivity index (χ4n) is 3.98. The zero-order valence-electron chi connectivity index (χ0n) is 21.5. The number of esters is 1. The molecule has 3 aromatic rings. The maximum Gasteiger partial charge on any atom is 0.338 e. The van der Waals surface area contributed by atoms with Crippen LogP contribution in [-0.4, -0.2) is 29.0 Å². The largest absolute Gasteiger partial charge is 0.495 e. The molecule has 0 saturated heterocycles. The van der Waals surface area contributed by atoms with Crippen LogP contribution in [0.4, 0.5) is 0 Å². The van der Waals surface area contributed by atoms with Gasteiger partial charge in [-0.05, 0) is 63.1 Å². The van der Waals surface area contributed by atoms with Crippen molar-refractivity contribution in [2.75, 3.05) is 7.11 Å². The summed E-state index contributed by atoms with van der Waals surface area (Å²) in [4.78, 5) is 38.7. The molecule has 0 aliphatic carbocycles. The Morgan fingerprint density at radius 2 is 1.76 bits per heavy atom. The van der Waals surface area contributed by atoms with E-state index < -0.39 is 23.2 Å². The van der Waals surface area contributed by atoms with Gasteiger partial charge in [0.25, 0.3) is 5.56 Å². The predicted molar refractivity (Wildman–Crippen MR) is 142 cm³/mol. The molecular weight excluding hydrogens is 492 g/mol.